The zero-order valence-corrected chi connectivity index (χ0v) is 16.3. The summed E-state index contributed by atoms with van der Waals surface area (Å²) in [6, 6.07) is 8.15. The van der Waals surface area contributed by atoms with Crippen molar-refractivity contribution in [2.45, 2.75) is 52.5 Å². The third-order valence-corrected chi connectivity index (χ3v) is 6.86. The fraction of sp³-hybridized carbons (Fsp3) is 0.632. The summed E-state index contributed by atoms with van der Waals surface area (Å²) >= 11 is 0. The van der Waals surface area contributed by atoms with Crippen molar-refractivity contribution in [3.8, 4) is 0 Å². The number of amides is 1. The van der Waals surface area contributed by atoms with Crippen molar-refractivity contribution < 1.29 is 13.2 Å². The summed E-state index contributed by atoms with van der Waals surface area (Å²) in [7, 11) is -3.24. The van der Waals surface area contributed by atoms with Crippen LogP contribution in [0.5, 0.6) is 0 Å². The Morgan fingerprint density at radius 3 is 2.56 bits per heavy atom. The van der Waals surface area contributed by atoms with Gasteiger partial charge in [0.15, 0.2) is 0 Å². The third-order valence-electron chi connectivity index (χ3n) is 4.81. The molecule has 1 aromatic carbocycles. The van der Waals surface area contributed by atoms with Crippen molar-refractivity contribution in [2.24, 2.45) is 5.92 Å². The molecule has 1 heterocycles. The van der Waals surface area contributed by atoms with E-state index in [-0.39, 0.29) is 23.6 Å². The first-order chi connectivity index (χ1) is 11.9. The molecule has 0 radical (unpaired) electrons. The van der Waals surface area contributed by atoms with Gasteiger partial charge in [-0.25, -0.2) is 12.7 Å². The monoisotopic (exact) mass is 366 g/mol. The minimum Gasteiger partial charge on any atom is -0.349 e. The molecule has 1 saturated heterocycles. The molecule has 1 aliphatic heterocycles. The van der Waals surface area contributed by atoms with Crippen LogP contribution in [0.4, 0.5) is 0 Å². The van der Waals surface area contributed by atoms with Gasteiger partial charge in [0.2, 0.25) is 15.9 Å². The molecular weight excluding hydrogens is 336 g/mol. The number of benzene rings is 1. The number of rotatable bonds is 7. The van der Waals surface area contributed by atoms with Gasteiger partial charge in [0.05, 0.1) is 17.7 Å². The molecule has 0 unspecified atom stereocenters. The summed E-state index contributed by atoms with van der Waals surface area (Å²) in [4.78, 5) is 12.7. The van der Waals surface area contributed by atoms with E-state index in [4.69, 9.17) is 0 Å². The Kier molecular flexibility index (Phi) is 7.02. The van der Waals surface area contributed by atoms with E-state index >= 15 is 0 Å². The van der Waals surface area contributed by atoms with Gasteiger partial charge in [-0.05, 0) is 38.2 Å². The van der Waals surface area contributed by atoms with Gasteiger partial charge in [0, 0.05) is 13.1 Å². The topological polar surface area (TPSA) is 66.5 Å². The Bertz CT molecular complexity index is 670. The van der Waals surface area contributed by atoms with Gasteiger partial charge in [-0.1, -0.05) is 43.7 Å². The van der Waals surface area contributed by atoms with Crippen LogP contribution in [-0.4, -0.2) is 37.5 Å². The number of hydrogen-bond donors (Lipinski definition) is 1. The van der Waals surface area contributed by atoms with Gasteiger partial charge in [0.1, 0.15) is 0 Å². The minimum atomic E-state index is -3.24. The molecule has 0 aliphatic carbocycles. The Balaban J connectivity index is 2.02. The molecule has 1 aliphatic rings. The van der Waals surface area contributed by atoms with Crippen LogP contribution < -0.4 is 5.32 Å². The highest BCUT2D eigenvalue weighted by molar-refractivity contribution is 7.89. The molecule has 6 heteroatoms. The van der Waals surface area contributed by atoms with Crippen molar-refractivity contribution in [3.05, 3.63) is 35.4 Å². The van der Waals surface area contributed by atoms with Gasteiger partial charge >= 0.3 is 0 Å². The van der Waals surface area contributed by atoms with Gasteiger partial charge in [-0.15, -0.1) is 0 Å². The highest BCUT2D eigenvalue weighted by Crippen LogP contribution is 2.23. The molecule has 2 rings (SSSR count). The van der Waals surface area contributed by atoms with E-state index in [0.717, 1.165) is 24.8 Å². The lowest BCUT2D eigenvalue weighted by atomic mass is 9.97. The maximum absolute atomic E-state index is 12.7. The standard InChI is InChI=1S/C19H30N2O3S/c1-4-13-25(23,24)21-12-6-7-17(14-21)19(22)20-18(5-2)16-10-8-15(3)9-11-16/h8-11,17-18H,4-7,12-14H2,1-3H3,(H,20,22)/t17-,18+/m1/s1. The molecule has 1 aromatic rings. The number of hydrogen-bond acceptors (Lipinski definition) is 3. The second-order valence-electron chi connectivity index (χ2n) is 6.89. The second kappa shape index (κ2) is 8.81. The molecule has 5 nitrogen and oxygen atoms in total. The minimum absolute atomic E-state index is 0.0317. The lowest BCUT2D eigenvalue weighted by Crippen LogP contribution is -2.46. The summed E-state index contributed by atoms with van der Waals surface area (Å²) in [6.45, 7) is 6.78. The Hall–Kier alpha value is -1.40. The molecule has 25 heavy (non-hydrogen) atoms. The molecule has 0 aromatic heterocycles. The Morgan fingerprint density at radius 2 is 1.96 bits per heavy atom. The van der Waals surface area contributed by atoms with Gasteiger partial charge < -0.3 is 5.32 Å². The van der Waals surface area contributed by atoms with E-state index in [0.29, 0.717) is 19.5 Å². The van der Waals surface area contributed by atoms with Gasteiger partial charge in [-0.3, -0.25) is 4.79 Å². The summed E-state index contributed by atoms with van der Waals surface area (Å²) in [5.74, 6) is -0.147. The van der Waals surface area contributed by atoms with Gasteiger partial charge in [-0.2, -0.15) is 0 Å². The molecule has 1 amide bonds. The van der Waals surface area contributed by atoms with E-state index in [9.17, 15) is 13.2 Å². The van der Waals surface area contributed by atoms with Crippen LogP contribution in [0.25, 0.3) is 0 Å². The van der Waals surface area contributed by atoms with Crippen LogP contribution in [0.3, 0.4) is 0 Å². The number of nitrogens with zero attached hydrogens (tertiary/aromatic N) is 1. The van der Waals surface area contributed by atoms with E-state index in [2.05, 4.69) is 5.32 Å². The Labute approximate surface area is 151 Å². The zero-order valence-electron chi connectivity index (χ0n) is 15.5. The predicted octanol–water partition coefficient (Wildman–Crippen LogP) is 3.01. The smallest absolute Gasteiger partial charge is 0.224 e. The normalized spacial score (nSPS) is 20.2. The molecular formula is C19H30N2O3S. The third kappa shape index (κ3) is 5.28. The molecule has 2 atom stereocenters. The maximum Gasteiger partial charge on any atom is 0.224 e. The van der Waals surface area contributed by atoms with Gasteiger partial charge in [0.25, 0.3) is 0 Å². The van der Waals surface area contributed by atoms with Crippen LogP contribution in [0.1, 0.15) is 56.7 Å². The summed E-state index contributed by atoms with van der Waals surface area (Å²) < 4.78 is 26.1. The fourth-order valence-corrected chi connectivity index (χ4v) is 4.89. The highest BCUT2D eigenvalue weighted by Gasteiger charge is 2.32. The first-order valence-electron chi connectivity index (χ1n) is 9.22. The number of carbonyl (C=O) groups is 1. The van der Waals surface area contributed by atoms with E-state index in [1.165, 1.54) is 9.87 Å². The van der Waals surface area contributed by atoms with E-state index < -0.39 is 10.0 Å². The second-order valence-corrected chi connectivity index (χ2v) is 8.98. The van der Waals surface area contributed by atoms with E-state index in [1.54, 1.807) is 0 Å². The summed E-state index contributed by atoms with van der Waals surface area (Å²) in [5.41, 5.74) is 2.28. The van der Waals surface area contributed by atoms with Crippen molar-refractivity contribution in [2.75, 3.05) is 18.8 Å². The maximum atomic E-state index is 12.7. The van der Waals surface area contributed by atoms with Crippen molar-refractivity contribution in [1.82, 2.24) is 9.62 Å². The van der Waals surface area contributed by atoms with Crippen LogP contribution in [-0.2, 0) is 14.8 Å². The fourth-order valence-electron chi connectivity index (χ4n) is 3.31. The van der Waals surface area contributed by atoms with Crippen LogP contribution >= 0.6 is 0 Å². The van der Waals surface area contributed by atoms with Crippen molar-refractivity contribution in [3.63, 3.8) is 0 Å². The lowest BCUT2D eigenvalue weighted by molar-refractivity contribution is -0.126. The predicted molar refractivity (Wildman–Crippen MR) is 101 cm³/mol. The number of sulfonamides is 1. The highest BCUT2D eigenvalue weighted by atomic mass is 32.2. The average molecular weight is 367 g/mol. The number of piperidine rings is 1. The zero-order chi connectivity index (χ0) is 18.4. The molecule has 0 bridgehead atoms. The molecule has 0 spiro atoms. The van der Waals surface area contributed by atoms with Crippen LogP contribution in [0.2, 0.25) is 0 Å². The first-order valence-corrected chi connectivity index (χ1v) is 10.8. The van der Waals surface area contributed by atoms with Crippen molar-refractivity contribution in [1.29, 1.82) is 0 Å². The van der Waals surface area contributed by atoms with Crippen LogP contribution in [0, 0.1) is 12.8 Å². The molecule has 1 fully saturated rings. The molecule has 140 valence electrons. The Morgan fingerprint density at radius 1 is 1.28 bits per heavy atom. The first kappa shape index (κ1) is 19.9. The number of aryl methyl sites for hydroxylation is 1. The summed E-state index contributed by atoms with van der Waals surface area (Å²) in [5, 5.41) is 3.12. The van der Waals surface area contributed by atoms with Crippen LogP contribution in [0.15, 0.2) is 24.3 Å². The molecule has 0 saturated carbocycles. The number of nitrogens with one attached hydrogen (secondary N) is 1. The average Bonchev–Trinajstić information content (AvgIpc) is 2.60. The lowest BCUT2D eigenvalue weighted by Gasteiger charge is -2.32. The van der Waals surface area contributed by atoms with E-state index in [1.807, 2.05) is 45.0 Å². The number of carbonyl (C=O) groups excluding carboxylic acids is 1. The SMILES string of the molecule is CCCS(=O)(=O)N1CCC[C@@H](C(=O)N[C@@H](CC)c2ccc(C)cc2)C1. The van der Waals surface area contributed by atoms with Crippen molar-refractivity contribution >= 4 is 15.9 Å². The summed E-state index contributed by atoms with van der Waals surface area (Å²) in [6.07, 6.45) is 2.89. The quantitative estimate of drug-likeness (QED) is 0.807. The molecule has 1 N–H and O–H groups in total. The largest absolute Gasteiger partial charge is 0.349 e.